The lowest BCUT2D eigenvalue weighted by atomic mass is 10.1. The Kier molecular flexibility index (Phi) is 3.96. The van der Waals surface area contributed by atoms with Gasteiger partial charge >= 0.3 is 0 Å². The quantitative estimate of drug-likeness (QED) is 0.605. The molecule has 4 rings (SSSR count). The zero-order chi connectivity index (χ0) is 17.1. The van der Waals surface area contributed by atoms with Crippen LogP contribution in [0.1, 0.15) is 21.5 Å². The van der Waals surface area contributed by atoms with Crippen LogP contribution in [-0.2, 0) is 13.1 Å². The number of nitrogens with one attached hydrogen (secondary N) is 1. The van der Waals surface area contributed by atoms with E-state index in [2.05, 4.69) is 20.5 Å². The van der Waals surface area contributed by atoms with Gasteiger partial charge in [0.15, 0.2) is 5.65 Å². The number of amides is 1. The molecule has 0 aliphatic carbocycles. The van der Waals surface area contributed by atoms with E-state index in [1.54, 1.807) is 29.0 Å². The molecular formula is C18H16N6O. The van der Waals surface area contributed by atoms with Gasteiger partial charge in [-0.25, -0.2) is 9.50 Å². The Bertz CT molecular complexity index is 1010. The van der Waals surface area contributed by atoms with E-state index in [4.69, 9.17) is 0 Å². The maximum atomic E-state index is 12.4. The van der Waals surface area contributed by atoms with E-state index in [1.165, 1.54) is 6.33 Å². The zero-order valence-electron chi connectivity index (χ0n) is 13.4. The molecule has 4 aromatic rings. The van der Waals surface area contributed by atoms with Gasteiger partial charge in [-0.1, -0.05) is 24.3 Å². The molecule has 3 aromatic heterocycles. The smallest absolute Gasteiger partial charge is 0.251 e. The fourth-order valence-corrected chi connectivity index (χ4v) is 2.69. The second kappa shape index (κ2) is 6.56. The van der Waals surface area contributed by atoms with Crippen molar-refractivity contribution in [2.45, 2.75) is 13.1 Å². The minimum Gasteiger partial charge on any atom is -0.348 e. The van der Waals surface area contributed by atoms with Crippen LogP contribution in [0.3, 0.4) is 0 Å². The van der Waals surface area contributed by atoms with Crippen LogP contribution < -0.4 is 5.32 Å². The minimum absolute atomic E-state index is 0.139. The Morgan fingerprint density at radius 1 is 1.04 bits per heavy atom. The molecule has 0 saturated heterocycles. The van der Waals surface area contributed by atoms with Gasteiger partial charge in [-0.2, -0.15) is 10.2 Å². The normalized spacial score (nSPS) is 10.9. The molecule has 0 spiro atoms. The van der Waals surface area contributed by atoms with Crippen molar-refractivity contribution < 1.29 is 4.79 Å². The summed E-state index contributed by atoms with van der Waals surface area (Å²) in [6.45, 7) is 1.12. The Hall–Kier alpha value is -3.48. The molecule has 0 saturated carbocycles. The van der Waals surface area contributed by atoms with Crippen LogP contribution in [0.4, 0.5) is 0 Å². The molecule has 7 heteroatoms. The number of hydrogen-bond donors (Lipinski definition) is 1. The van der Waals surface area contributed by atoms with Gasteiger partial charge in [-0.15, -0.1) is 0 Å². The Labute approximate surface area is 143 Å². The Morgan fingerprint density at radius 3 is 2.76 bits per heavy atom. The summed E-state index contributed by atoms with van der Waals surface area (Å²) in [5, 5.41) is 11.2. The van der Waals surface area contributed by atoms with Crippen LogP contribution in [0.15, 0.2) is 67.4 Å². The van der Waals surface area contributed by atoms with Crippen molar-refractivity contribution in [2.24, 2.45) is 0 Å². The van der Waals surface area contributed by atoms with Crippen molar-refractivity contribution in [2.75, 3.05) is 0 Å². The standard InChI is InChI=1S/C18H16N6O/c25-18(14-6-9-24-17(10-14)20-13-22-24)19-11-15-4-1-2-5-16(15)12-23-8-3-7-21-23/h1-10,13H,11-12H2,(H,19,25). The van der Waals surface area contributed by atoms with Gasteiger partial charge in [0.1, 0.15) is 6.33 Å². The number of hydrogen-bond acceptors (Lipinski definition) is 4. The second-order valence-electron chi connectivity index (χ2n) is 5.63. The number of carbonyl (C=O) groups excluding carboxylic acids is 1. The summed E-state index contributed by atoms with van der Waals surface area (Å²) in [7, 11) is 0. The van der Waals surface area contributed by atoms with Gasteiger partial charge in [0.05, 0.1) is 6.54 Å². The van der Waals surface area contributed by atoms with Crippen molar-refractivity contribution >= 4 is 11.6 Å². The summed E-state index contributed by atoms with van der Waals surface area (Å²) in [5.41, 5.74) is 3.39. The number of fused-ring (bicyclic) bond motifs is 1. The molecule has 0 aliphatic heterocycles. The van der Waals surface area contributed by atoms with Crippen LogP contribution in [0, 0.1) is 0 Å². The molecule has 0 bridgehead atoms. The first-order valence-corrected chi connectivity index (χ1v) is 7.91. The molecule has 124 valence electrons. The van der Waals surface area contributed by atoms with E-state index in [0.29, 0.717) is 24.3 Å². The number of nitrogens with zero attached hydrogens (tertiary/aromatic N) is 5. The van der Waals surface area contributed by atoms with Crippen LogP contribution in [0.2, 0.25) is 0 Å². The zero-order valence-corrected chi connectivity index (χ0v) is 13.4. The highest BCUT2D eigenvalue weighted by molar-refractivity contribution is 5.94. The predicted molar refractivity (Wildman–Crippen MR) is 91.9 cm³/mol. The SMILES string of the molecule is O=C(NCc1ccccc1Cn1cccn1)c1ccn2ncnc2c1. The van der Waals surface area contributed by atoms with E-state index in [0.717, 1.165) is 11.1 Å². The maximum absolute atomic E-state index is 12.4. The van der Waals surface area contributed by atoms with E-state index in [-0.39, 0.29) is 5.91 Å². The third-order valence-corrected chi connectivity index (χ3v) is 3.99. The summed E-state index contributed by atoms with van der Waals surface area (Å²) in [6.07, 6.45) is 6.86. The van der Waals surface area contributed by atoms with Crippen LogP contribution in [-0.4, -0.2) is 30.3 Å². The third-order valence-electron chi connectivity index (χ3n) is 3.99. The van der Waals surface area contributed by atoms with Crippen molar-refractivity contribution in [3.05, 3.63) is 84.1 Å². The number of rotatable bonds is 5. The van der Waals surface area contributed by atoms with Gasteiger partial charge < -0.3 is 5.32 Å². The number of aromatic nitrogens is 5. The first-order valence-electron chi connectivity index (χ1n) is 7.91. The highest BCUT2D eigenvalue weighted by atomic mass is 16.1. The second-order valence-corrected chi connectivity index (χ2v) is 5.63. The molecule has 0 fully saturated rings. The van der Waals surface area contributed by atoms with Gasteiger partial charge in [-0.3, -0.25) is 9.48 Å². The van der Waals surface area contributed by atoms with E-state index < -0.39 is 0 Å². The van der Waals surface area contributed by atoms with Crippen LogP contribution in [0.5, 0.6) is 0 Å². The molecule has 0 radical (unpaired) electrons. The summed E-state index contributed by atoms with van der Waals surface area (Å²) < 4.78 is 3.48. The highest BCUT2D eigenvalue weighted by Crippen LogP contribution is 2.11. The molecule has 7 nitrogen and oxygen atoms in total. The Morgan fingerprint density at radius 2 is 1.92 bits per heavy atom. The largest absolute Gasteiger partial charge is 0.348 e. The summed E-state index contributed by atoms with van der Waals surface area (Å²) in [4.78, 5) is 16.5. The third kappa shape index (κ3) is 3.25. The Balaban J connectivity index is 1.48. The van der Waals surface area contributed by atoms with Gasteiger partial charge in [0, 0.05) is 30.7 Å². The van der Waals surface area contributed by atoms with Gasteiger partial charge in [0.25, 0.3) is 5.91 Å². The lowest BCUT2D eigenvalue weighted by Crippen LogP contribution is -2.23. The lowest BCUT2D eigenvalue weighted by Gasteiger charge is -2.11. The first kappa shape index (κ1) is 15.1. The van der Waals surface area contributed by atoms with Crippen molar-refractivity contribution in [3.8, 4) is 0 Å². The minimum atomic E-state index is -0.139. The molecule has 3 heterocycles. The van der Waals surface area contributed by atoms with Crippen LogP contribution in [0.25, 0.3) is 5.65 Å². The summed E-state index contributed by atoms with van der Waals surface area (Å²) in [5.74, 6) is -0.139. The lowest BCUT2D eigenvalue weighted by molar-refractivity contribution is 0.0951. The number of pyridine rings is 1. The summed E-state index contributed by atoms with van der Waals surface area (Å²) in [6, 6.07) is 13.4. The molecule has 0 atom stereocenters. The number of carbonyl (C=O) groups is 1. The molecule has 1 aromatic carbocycles. The molecule has 0 aliphatic rings. The molecule has 1 N–H and O–H groups in total. The topological polar surface area (TPSA) is 77.1 Å². The highest BCUT2D eigenvalue weighted by Gasteiger charge is 2.09. The monoisotopic (exact) mass is 332 g/mol. The maximum Gasteiger partial charge on any atom is 0.251 e. The van der Waals surface area contributed by atoms with E-state index in [1.807, 2.05) is 41.2 Å². The number of benzene rings is 1. The summed E-state index contributed by atoms with van der Waals surface area (Å²) >= 11 is 0. The fraction of sp³-hybridized carbons (Fsp3) is 0.111. The first-order chi connectivity index (χ1) is 12.3. The average Bonchev–Trinajstić information content (AvgIpc) is 3.31. The molecule has 0 unspecified atom stereocenters. The van der Waals surface area contributed by atoms with Crippen molar-refractivity contribution in [1.29, 1.82) is 0 Å². The van der Waals surface area contributed by atoms with Crippen molar-refractivity contribution in [1.82, 2.24) is 29.7 Å². The molecule has 25 heavy (non-hydrogen) atoms. The molecule has 1 amide bonds. The fourth-order valence-electron chi connectivity index (χ4n) is 2.69. The van der Waals surface area contributed by atoms with Gasteiger partial charge in [-0.05, 0) is 29.3 Å². The molecular weight excluding hydrogens is 316 g/mol. The van der Waals surface area contributed by atoms with E-state index in [9.17, 15) is 4.79 Å². The predicted octanol–water partition coefficient (Wildman–Crippen LogP) is 1.90. The average molecular weight is 332 g/mol. The van der Waals surface area contributed by atoms with E-state index >= 15 is 0 Å². The van der Waals surface area contributed by atoms with Crippen molar-refractivity contribution in [3.63, 3.8) is 0 Å². The van der Waals surface area contributed by atoms with Crippen LogP contribution >= 0.6 is 0 Å². The van der Waals surface area contributed by atoms with Gasteiger partial charge in [0.2, 0.25) is 0 Å².